The molecule has 1 aliphatic rings. The van der Waals surface area contributed by atoms with Gasteiger partial charge in [-0.3, -0.25) is 10.1 Å². The Bertz CT molecular complexity index is 799. The summed E-state index contributed by atoms with van der Waals surface area (Å²) in [6.07, 6.45) is 4.30. The van der Waals surface area contributed by atoms with Crippen LogP contribution in [0, 0.1) is 10.1 Å². The van der Waals surface area contributed by atoms with Crippen LogP contribution in [0.3, 0.4) is 0 Å². The molecule has 26 heavy (non-hydrogen) atoms. The van der Waals surface area contributed by atoms with Crippen LogP contribution in [0.25, 0.3) is 0 Å². The van der Waals surface area contributed by atoms with Gasteiger partial charge in [-0.1, -0.05) is 0 Å². The minimum absolute atomic E-state index is 0.0394. The number of esters is 1. The Morgan fingerprint density at radius 1 is 1.15 bits per heavy atom. The molecule has 1 aliphatic heterocycles. The number of nitrogens with zero attached hydrogens (tertiary/aromatic N) is 5. The average Bonchev–Trinajstić information content (AvgIpc) is 2.93. The molecule has 0 radical (unpaired) electrons. The van der Waals surface area contributed by atoms with Crippen LogP contribution in [0.4, 0.5) is 17.3 Å². The number of rotatable bonds is 4. The highest BCUT2D eigenvalue weighted by Crippen LogP contribution is 2.26. The maximum Gasteiger partial charge on any atom is 0.344 e. The monoisotopic (exact) mass is 357 g/mol. The highest BCUT2D eigenvalue weighted by molar-refractivity contribution is 5.95. The summed E-state index contributed by atoms with van der Waals surface area (Å²) in [6, 6.07) is 6.32. The van der Waals surface area contributed by atoms with Gasteiger partial charge >= 0.3 is 5.97 Å². The van der Waals surface area contributed by atoms with Crippen LogP contribution < -0.4 is 9.80 Å². The van der Waals surface area contributed by atoms with Crippen LogP contribution >= 0.6 is 0 Å². The van der Waals surface area contributed by atoms with Crippen molar-refractivity contribution in [3.63, 3.8) is 0 Å². The fraction of sp³-hybridized carbons (Fsp3) is 0.353. The fourth-order valence-corrected chi connectivity index (χ4v) is 2.98. The van der Waals surface area contributed by atoms with Crippen molar-refractivity contribution in [3.05, 3.63) is 52.3 Å². The summed E-state index contributed by atoms with van der Waals surface area (Å²) in [5.41, 5.74) is 0.462. The normalized spacial score (nSPS) is 14.7. The molecule has 136 valence electrons. The lowest BCUT2D eigenvalue weighted by molar-refractivity contribution is -0.385. The molecule has 0 atom stereocenters. The lowest BCUT2D eigenvalue weighted by Crippen LogP contribution is -2.31. The van der Waals surface area contributed by atoms with Gasteiger partial charge in [-0.25, -0.2) is 14.8 Å². The summed E-state index contributed by atoms with van der Waals surface area (Å²) in [5.74, 6) is -0.0269. The van der Waals surface area contributed by atoms with E-state index in [1.807, 2.05) is 0 Å². The van der Waals surface area contributed by atoms with Crippen molar-refractivity contribution in [2.75, 3.05) is 43.1 Å². The van der Waals surface area contributed by atoms with Crippen molar-refractivity contribution in [2.45, 2.75) is 6.42 Å². The van der Waals surface area contributed by atoms with Gasteiger partial charge in [0.15, 0.2) is 0 Å². The van der Waals surface area contributed by atoms with Crippen molar-refractivity contribution in [1.82, 2.24) is 9.97 Å². The van der Waals surface area contributed by atoms with Crippen molar-refractivity contribution < 1.29 is 14.5 Å². The van der Waals surface area contributed by atoms with Gasteiger partial charge in [0.25, 0.3) is 5.69 Å². The first-order valence-corrected chi connectivity index (χ1v) is 8.24. The highest BCUT2D eigenvalue weighted by atomic mass is 16.6. The first-order chi connectivity index (χ1) is 12.6. The average molecular weight is 357 g/mol. The topological polar surface area (TPSA) is 102 Å². The molecule has 1 saturated heterocycles. The molecule has 9 nitrogen and oxygen atoms in total. The van der Waals surface area contributed by atoms with Crippen molar-refractivity contribution >= 4 is 23.3 Å². The van der Waals surface area contributed by atoms with E-state index >= 15 is 0 Å². The highest BCUT2D eigenvalue weighted by Gasteiger charge is 2.24. The summed E-state index contributed by atoms with van der Waals surface area (Å²) in [7, 11) is 1.21. The zero-order valence-electron chi connectivity index (χ0n) is 14.4. The number of carbonyl (C=O) groups is 1. The molecule has 0 bridgehead atoms. The largest absolute Gasteiger partial charge is 0.465 e. The minimum atomic E-state index is -0.715. The lowest BCUT2D eigenvalue weighted by atomic mass is 10.1. The van der Waals surface area contributed by atoms with E-state index in [9.17, 15) is 14.9 Å². The predicted octanol–water partition coefficient (Wildman–Crippen LogP) is 1.89. The molecule has 0 spiro atoms. The molecular weight excluding hydrogens is 338 g/mol. The molecule has 0 saturated carbocycles. The number of aromatic nitrogens is 2. The number of carbonyl (C=O) groups excluding carboxylic acids is 1. The summed E-state index contributed by atoms with van der Waals surface area (Å²) in [6.45, 7) is 2.99. The van der Waals surface area contributed by atoms with Gasteiger partial charge in [-0.05, 0) is 24.6 Å². The van der Waals surface area contributed by atoms with E-state index in [-0.39, 0.29) is 11.3 Å². The van der Waals surface area contributed by atoms with Gasteiger partial charge in [0, 0.05) is 50.3 Å². The Morgan fingerprint density at radius 2 is 1.85 bits per heavy atom. The van der Waals surface area contributed by atoms with Crippen LogP contribution in [0.15, 0.2) is 36.7 Å². The Hall–Kier alpha value is -3.23. The molecule has 1 aromatic carbocycles. The van der Waals surface area contributed by atoms with Gasteiger partial charge < -0.3 is 14.5 Å². The molecule has 2 aromatic rings. The summed E-state index contributed by atoms with van der Waals surface area (Å²) < 4.78 is 4.68. The number of methoxy groups -OCH3 is 1. The maximum atomic E-state index is 11.9. The first-order valence-electron chi connectivity index (χ1n) is 8.24. The third-order valence-electron chi connectivity index (χ3n) is 4.28. The standard InChI is InChI=1S/C17H19N5O4/c1-26-16(23)14-12-13(4-5-15(14)22(24)25)20-8-3-9-21(11-10-20)17-18-6-2-7-19-17/h2,4-7,12H,3,8-11H2,1H3. The molecule has 3 rings (SSSR count). The molecule has 9 heteroatoms. The minimum Gasteiger partial charge on any atom is -0.465 e. The molecular formula is C17H19N5O4. The van der Waals surface area contributed by atoms with E-state index in [0.717, 1.165) is 25.2 Å². The van der Waals surface area contributed by atoms with E-state index < -0.39 is 10.9 Å². The van der Waals surface area contributed by atoms with Crippen LogP contribution in [0.1, 0.15) is 16.8 Å². The summed E-state index contributed by atoms with van der Waals surface area (Å²) >= 11 is 0. The predicted molar refractivity (Wildman–Crippen MR) is 95.5 cm³/mol. The zero-order valence-corrected chi connectivity index (χ0v) is 14.4. The van der Waals surface area contributed by atoms with E-state index in [1.165, 1.54) is 19.2 Å². The van der Waals surface area contributed by atoms with Crippen LogP contribution in [-0.2, 0) is 4.74 Å². The number of benzene rings is 1. The Balaban J connectivity index is 1.81. The second-order valence-electron chi connectivity index (χ2n) is 5.83. The molecule has 0 amide bonds. The Morgan fingerprint density at radius 3 is 2.54 bits per heavy atom. The number of ether oxygens (including phenoxy) is 1. The molecule has 1 aromatic heterocycles. The van der Waals surface area contributed by atoms with E-state index in [2.05, 4.69) is 24.5 Å². The van der Waals surface area contributed by atoms with E-state index in [4.69, 9.17) is 0 Å². The first kappa shape index (κ1) is 17.6. The number of hydrogen-bond acceptors (Lipinski definition) is 8. The number of hydrogen-bond donors (Lipinski definition) is 0. The molecule has 0 N–H and O–H groups in total. The molecule has 1 fully saturated rings. The van der Waals surface area contributed by atoms with Crippen LogP contribution in [0.5, 0.6) is 0 Å². The molecule has 0 unspecified atom stereocenters. The van der Waals surface area contributed by atoms with Crippen molar-refractivity contribution in [1.29, 1.82) is 0 Å². The molecule has 2 heterocycles. The number of anilines is 2. The quantitative estimate of drug-likeness (QED) is 0.464. The molecule has 0 aliphatic carbocycles. The summed E-state index contributed by atoms with van der Waals surface area (Å²) in [5, 5.41) is 11.1. The Kier molecular flexibility index (Phi) is 5.26. The number of nitro groups is 1. The summed E-state index contributed by atoms with van der Waals surface area (Å²) in [4.78, 5) is 35.2. The SMILES string of the molecule is COC(=O)c1cc(N2CCCN(c3ncccn3)CC2)ccc1[N+](=O)[O-]. The fourth-order valence-electron chi connectivity index (χ4n) is 2.98. The second kappa shape index (κ2) is 7.77. The van der Waals surface area contributed by atoms with Gasteiger partial charge in [0.05, 0.1) is 12.0 Å². The third-order valence-corrected chi connectivity index (χ3v) is 4.28. The van der Waals surface area contributed by atoms with Gasteiger partial charge in [0.1, 0.15) is 5.56 Å². The van der Waals surface area contributed by atoms with E-state index in [0.29, 0.717) is 19.0 Å². The van der Waals surface area contributed by atoms with Gasteiger partial charge in [-0.15, -0.1) is 0 Å². The van der Waals surface area contributed by atoms with Crippen LogP contribution in [-0.4, -0.2) is 54.1 Å². The van der Waals surface area contributed by atoms with Gasteiger partial charge in [-0.2, -0.15) is 0 Å². The van der Waals surface area contributed by atoms with E-state index in [1.54, 1.807) is 24.5 Å². The van der Waals surface area contributed by atoms with Crippen molar-refractivity contribution in [3.8, 4) is 0 Å². The maximum absolute atomic E-state index is 11.9. The zero-order chi connectivity index (χ0) is 18.5. The van der Waals surface area contributed by atoms with Crippen molar-refractivity contribution in [2.24, 2.45) is 0 Å². The second-order valence-corrected chi connectivity index (χ2v) is 5.83. The Labute approximate surface area is 150 Å². The van der Waals surface area contributed by atoms with Gasteiger partial charge in [0.2, 0.25) is 5.95 Å². The lowest BCUT2D eigenvalue weighted by Gasteiger charge is -2.24. The van der Waals surface area contributed by atoms with Crippen LogP contribution in [0.2, 0.25) is 0 Å². The number of nitro benzene ring substituents is 1. The smallest absolute Gasteiger partial charge is 0.344 e. The third kappa shape index (κ3) is 3.71.